The maximum Gasteiger partial charge on any atom is 0.192 e. The molecule has 0 aliphatic carbocycles. The van der Waals surface area contributed by atoms with E-state index in [0.717, 1.165) is 0 Å². The van der Waals surface area contributed by atoms with E-state index in [-0.39, 0.29) is 22.4 Å². The van der Waals surface area contributed by atoms with E-state index in [2.05, 4.69) is 10.3 Å². The Labute approximate surface area is 164 Å². The number of halogens is 3. The van der Waals surface area contributed by atoms with Crippen molar-refractivity contribution >= 4 is 22.5 Å². The van der Waals surface area contributed by atoms with E-state index >= 15 is 4.39 Å². The molecule has 1 aliphatic heterocycles. The van der Waals surface area contributed by atoms with E-state index in [1.807, 2.05) is 6.07 Å². The van der Waals surface area contributed by atoms with Crippen LogP contribution < -0.4 is 10.7 Å². The summed E-state index contributed by atoms with van der Waals surface area (Å²) in [6.07, 6.45) is 1.23. The quantitative estimate of drug-likeness (QED) is 0.668. The molecule has 2 aromatic carbocycles. The minimum atomic E-state index is -0.799. The second kappa shape index (κ2) is 7.34. The molecule has 1 saturated heterocycles. The van der Waals surface area contributed by atoms with Crippen LogP contribution in [0.1, 0.15) is 29.9 Å². The summed E-state index contributed by atoms with van der Waals surface area (Å²) in [7, 11) is 0. The SMILES string of the molecule is N#Cc1ccc(Cl)c(-c2cc(=O)c3c(F)c(C4CCNCC4)c(F)cc3[nH]2)c1. The summed E-state index contributed by atoms with van der Waals surface area (Å²) in [6, 6.07) is 9.02. The molecule has 1 fully saturated rings. The van der Waals surface area contributed by atoms with Crippen LogP contribution in [0.4, 0.5) is 8.78 Å². The monoisotopic (exact) mass is 399 g/mol. The molecular formula is C21H16ClF2N3O. The van der Waals surface area contributed by atoms with Crippen LogP contribution >= 0.6 is 11.6 Å². The molecular weight excluding hydrogens is 384 g/mol. The lowest BCUT2D eigenvalue weighted by Crippen LogP contribution is -2.27. The summed E-state index contributed by atoms with van der Waals surface area (Å²) in [4.78, 5) is 15.6. The van der Waals surface area contributed by atoms with E-state index in [4.69, 9.17) is 16.9 Å². The van der Waals surface area contributed by atoms with Crippen molar-refractivity contribution in [3.8, 4) is 17.3 Å². The van der Waals surface area contributed by atoms with E-state index in [1.165, 1.54) is 18.2 Å². The van der Waals surface area contributed by atoms with Gasteiger partial charge in [-0.3, -0.25) is 4.79 Å². The third-order valence-corrected chi connectivity index (χ3v) is 5.51. The predicted molar refractivity (Wildman–Crippen MR) is 104 cm³/mol. The van der Waals surface area contributed by atoms with Crippen molar-refractivity contribution in [2.24, 2.45) is 0 Å². The third-order valence-electron chi connectivity index (χ3n) is 5.18. The Hall–Kier alpha value is -2.75. The summed E-state index contributed by atoms with van der Waals surface area (Å²) >= 11 is 6.20. The van der Waals surface area contributed by atoms with Gasteiger partial charge in [0, 0.05) is 22.2 Å². The van der Waals surface area contributed by atoms with Gasteiger partial charge in [0.15, 0.2) is 5.43 Å². The number of hydrogen-bond acceptors (Lipinski definition) is 3. The zero-order valence-corrected chi connectivity index (χ0v) is 15.5. The smallest absolute Gasteiger partial charge is 0.192 e. The minimum Gasteiger partial charge on any atom is -0.354 e. The number of benzene rings is 2. The number of nitrogens with zero attached hydrogens (tertiary/aromatic N) is 1. The van der Waals surface area contributed by atoms with Gasteiger partial charge in [-0.15, -0.1) is 0 Å². The van der Waals surface area contributed by atoms with Crippen LogP contribution in [0, 0.1) is 23.0 Å². The zero-order chi connectivity index (χ0) is 19.8. The molecule has 7 heteroatoms. The van der Waals surface area contributed by atoms with Crippen molar-refractivity contribution in [2.45, 2.75) is 18.8 Å². The lowest BCUT2D eigenvalue weighted by atomic mass is 9.88. The molecule has 4 rings (SSSR count). The van der Waals surface area contributed by atoms with Crippen molar-refractivity contribution < 1.29 is 8.78 Å². The highest BCUT2D eigenvalue weighted by atomic mass is 35.5. The maximum absolute atomic E-state index is 15.2. The van der Waals surface area contributed by atoms with Crippen LogP contribution in [-0.4, -0.2) is 18.1 Å². The number of fused-ring (bicyclic) bond motifs is 1. The first-order valence-corrected chi connectivity index (χ1v) is 9.33. The Morgan fingerprint density at radius 2 is 1.89 bits per heavy atom. The Morgan fingerprint density at radius 1 is 1.14 bits per heavy atom. The fraction of sp³-hybridized carbons (Fsp3) is 0.238. The molecule has 0 saturated carbocycles. The molecule has 0 radical (unpaired) electrons. The van der Waals surface area contributed by atoms with Gasteiger partial charge in [0.1, 0.15) is 11.6 Å². The summed E-state index contributed by atoms with van der Waals surface area (Å²) in [5.41, 5.74) is 0.565. The molecule has 142 valence electrons. The Bertz CT molecular complexity index is 1180. The van der Waals surface area contributed by atoms with Gasteiger partial charge >= 0.3 is 0 Å². The van der Waals surface area contributed by atoms with E-state index in [9.17, 15) is 9.18 Å². The number of hydrogen-bond donors (Lipinski definition) is 2. The standard InChI is InChI=1S/C21H16ClF2N3O/c22-14-2-1-11(10-25)7-13(14)16-9-18(28)20-17(27-16)8-15(23)19(21(20)24)12-3-5-26-6-4-12/h1-2,7-9,12,26H,3-6H2,(H,27,28). The lowest BCUT2D eigenvalue weighted by molar-refractivity contribution is 0.428. The number of nitrogens with one attached hydrogen (secondary N) is 2. The first-order valence-electron chi connectivity index (χ1n) is 8.95. The molecule has 3 aromatic rings. The van der Waals surface area contributed by atoms with Gasteiger partial charge in [-0.2, -0.15) is 5.26 Å². The fourth-order valence-corrected chi connectivity index (χ4v) is 4.01. The topological polar surface area (TPSA) is 68.7 Å². The molecule has 0 spiro atoms. The molecule has 1 aromatic heterocycles. The largest absolute Gasteiger partial charge is 0.354 e. The molecule has 0 atom stereocenters. The zero-order valence-electron chi connectivity index (χ0n) is 14.8. The molecule has 1 aliphatic rings. The van der Waals surface area contributed by atoms with Gasteiger partial charge in [-0.05, 0) is 56.1 Å². The van der Waals surface area contributed by atoms with Crippen molar-refractivity contribution in [3.05, 3.63) is 68.3 Å². The van der Waals surface area contributed by atoms with Gasteiger partial charge in [-0.25, -0.2) is 8.78 Å². The molecule has 4 nitrogen and oxygen atoms in total. The molecule has 28 heavy (non-hydrogen) atoms. The van der Waals surface area contributed by atoms with Crippen molar-refractivity contribution in [1.29, 1.82) is 5.26 Å². The fourth-order valence-electron chi connectivity index (χ4n) is 3.79. The van der Waals surface area contributed by atoms with Crippen LogP contribution in [0.5, 0.6) is 0 Å². The number of H-pyrrole nitrogens is 1. The Morgan fingerprint density at radius 3 is 2.61 bits per heavy atom. The van der Waals surface area contributed by atoms with Gasteiger partial charge < -0.3 is 10.3 Å². The van der Waals surface area contributed by atoms with Crippen molar-refractivity contribution in [2.75, 3.05) is 13.1 Å². The number of aromatic nitrogens is 1. The van der Waals surface area contributed by atoms with E-state index < -0.39 is 17.1 Å². The van der Waals surface area contributed by atoms with Crippen molar-refractivity contribution in [3.63, 3.8) is 0 Å². The van der Waals surface area contributed by atoms with Crippen LogP contribution in [0.25, 0.3) is 22.2 Å². The summed E-state index contributed by atoms with van der Waals surface area (Å²) in [6.45, 7) is 1.37. The second-order valence-electron chi connectivity index (χ2n) is 6.89. The Balaban J connectivity index is 1.91. The highest BCUT2D eigenvalue weighted by Crippen LogP contribution is 2.34. The van der Waals surface area contributed by atoms with Crippen LogP contribution in [-0.2, 0) is 0 Å². The summed E-state index contributed by atoms with van der Waals surface area (Å²) < 4.78 is 29.9. The second-order valence-corrected chi connectivity index (χ2v) is 7.29. The van der Waals surface area contributed by atoms with Crippen LogP contribution in [0.15, 0.2) is 35.1 Å². The highest BCUT2D eigenvalue weighted by molar-refractivity contribution is 6.33. The molecule has 2 N–H and O–H groups in total. The van der Waals surface area contributed by atoms with Gasteiger partial charge in [0.25, 0.3) is 0 Å². The van der Waals surface area contributed by atoms with Crippen LogP contribution in [0.2, 0.25) is 5.02 Å². The van der Waals surface area contributed by atoms with Gasteiger partial charge in [0.05, 0.1) is 28.2 Å². The first-order chi connectivity index (χ1) is 13.5. The minimum absolute atomic E-state index is 0.0169. The normalized spacial score (nSPS) is 14.9. The van der Waals surface area contributed by atoms with E-state index in [0.29, 0.717) is 47.8 Å². The first kappa shape index (κ1) is 18.6. The van der Waals surface area contributed by atoms with Crippen LogP contribution in [0.3, 0.4) is 0 Å². The number of nitriles is 1. The number of pyridine rings is 1. The highest BCUT2D eigenvalue weighted by Gasteiger charge is 2.25. The molecule has 0 amide bonds. The summed E-state index contributed by atoms with van der Waals surface area (Å²) in [5.74, 6) is -1.72. The van der Waals surface area contributed by atoms with Crippen molar-refractivity contribution in [1.82, 2.24) is 10.3 Å². The molecule has 0 unspecified atom stereocenters. The summed E-state index contributed by atoms with van der Waals surface area (Å²) in [5, 5.41) is 12.4. The Kier molecular flexibility index (Phi) is 4.88. The average Bonchev–Trinajstić information content (AvgIpc) is 2.68. The lowest BCUT2D eigenvalue weighted by Gasteiger charge is -2.24. The number of piperidine rings is 1. The third kappa shape index (κ3) is 3.17. The number of aromatic amines is 1. The predicted octanol–water partition coefficient (Wildman–Crippen LogP) is 4.47. The average molecular weight is 400 g/mol. The van der Waals surface area contributed by atoms with E-state index in [1.54, 1.807) is 12.1 Å². The maximum atomic E-state index is 15.2. The van der Waals surface area contributed by atoms with Gasteiger partial charge in [-0.1, -0.05) is 11.6 Å². The molecule has 2 heterocycles. The number of rotatable bonds is 2. The molecule has 0 bridgehead atoms. The van der Waals surface area contributed by atoms with Gasteiger partial charge in [0.2, 0.25) is 0 Å².